The molecule has 0 aliphatic rings. The molecule has 2 rings (SSSR count). The van der Waals surface area contributed by atoms with Crippen LogP contribution >= 0.6 is 27.5 Å². The molecule has 2 aromatic rings. The zero-order valence-corrected chi connectivity index (χ0v) is 14.0. The van der Waals surface area contributed by atoms with Crippen LogP contribution in [0, 0.1) is 5.82 Å². The Labute approximate surface area is 137 Å². The third-order valence-electron chi connectivity index (χ3n) is 3.42. The van der Waals surface area contributed by atoms with Gasteiger partial charge in [-0.15, -0.1) is 0 Å². The van der Waals surface area contributed by atoms with Gasteiger partial charge in [0.25, 0.3) is 0 Å². The second-order valence-corrected chi connectivity index (χ2v) is 6.25. The summed E-state index contributed by atoms with van der Waals surface area (Å²) in [5.41, 5.74) is 8.02. The number of nitrogens with zero attached hydrogens (tertiary/aromatic N) is 1. The first-order valence-electron chi connectivity index (χ1n) is 6.61. The predicted molar refractivity (Wildman–Crippen MR) is 88.8 cm³/mol. The number of nitrogens with two attached hydrogens (primary N) is 1. The van der Waals surface area contributed by atoms with Crippen LogP contribution in [0.1, 0.15) is 17.2 Å². The molecule has 1 atom stereocenters. The molecule has 0 heterocycles. The maximum Gasteiger partial charge on any atom is 0.123 e. The summed E-state index contributed by atoms with van der Waals surface area (Å²) in [6.07, 6.45) is 0. The third kappa shape index (κ3) is 4.27. The first kappa shape index (κ1) is 16.4. The molecule has 2 N–H and O–H groups in total. The van der Waals surface area contributed by atoms with Crippen LogP contribution in [-0.4, -0.2) is 18.5 Å². The van der Waals surface area contributed by atoms with Crippen LogP contribution in [0.2, 0.25) is 5.02 Å². The number of likely N-dealkylation sites (N-methyl/N-ethyl adjacent to an activating group) is 1. The van der Waals surface area contributed by atoms with Gasteiger partial charge in [0.15, 0.2) is 0 Å². The van der Waals surface area contributed by atoms with Crippen LogP contribution < -0.4 is 5.73 Å². The molecule has 0 aliphatic carbocycles. The van der Waals surface area contributed by atoms with Crippen molar-refractivity contribution in [1.82, 2.24) is 4.90 Å². The standard InChI is InChI=1S/C16H17BrClFN2/c1-21(10-11-2-5-13(19)6-3-11)16(9-20)14-8-12(18)4-7-15(14)17/h2-8,16H,9-10,20H2,1H3. The number of rotatable bonds is 5. The summed E-state index contributed by atoms with van der Waals surface area (Å²) in [4.78, 5) is 2.13. The van der Waals surface area contributed by atoms with E-state index in [1.165, 1.54) is 12.1 Å². The van der Waals surface area contributed by atoms with E-state index < -0.39 is 0 Å². The molecular formula is C16H17BrClFN2. The molecule has 0 radical (unpaired) electrons. The molecule has 1 unspecified atom stereocenters. The smallest absolute Gasteiger partial charge is 0.123 e. The van der Waals surface area contributed by atoms with Gasteiger partial charge < -0.3 is 5.73 Å². The number of hydrogen-bond acceptors (Lipinski definition) is 2. The van der Waals surface area contributed by atoms with Crippen molar-refractivity contribution in [2.24, 2.45) is 5.73 Å². The normalized spacial score (nSPS) is 12.7. The van der Waals surface area contributed by atoms with Crippen molar-refractivity contribution >= 4 is 27.5 Å². The Balaban J connectivity index is 2.20. The van der Waals surface area contributed by atoms with E-state index in [1.54, 1.807) is 12.1 Å². The van der Waals surface area contributed by atoms with E-state index in [0.29, 0.717) is 18.1 Å². The molecule has 5 heteroatoms. The van der Waals surface area contributed by atoms with Gasteiger partial charge in [-0.3, -0.25) is 4.90 Å². The summed E-state index contributed by atoms with van der Waals surface area (Å²) >= 11 is 9.62. The van der Waals surface area contributed by atoms with E-state index in [1.807, 2.05) is 25.2 Å². The van der Waals surface area contributed by atoms with Gasteiger partial charge in [-0.1, -0.05) is 39.7 Å². The third-order valence-corrected chi connectivity index (χ3v) is 4.37. The van der Waals surface area contributed by atoms with Crippen molar-refractivity contribution in [2.75, 3.05) is 13.6 Å². The molecule has 0 fully saturated rings. The zero-order valence-electron chi connectivity index (χ0n) is 11.7. The van der Waals surface area contributed by atoms with Crippen molar-refractivity contribution < 1.29 is 4.39 Å². The molecule has 0 saturated heterocycles. The van der Waals surface area contributed by atoms with Gasteiger partial charge >= 0.3 is 0 Å². The highest BCUT2D eigenvalue weighted by molar-refractivity contribution is 9.10. The molecule has 21 heavy (non-hydrogen) atoms. The van der Waals surface area contributed by atoms with Crippen LogP contribution in [0.15, 0.2) is 46.9 Å². The van der Waals surface area contributed by atoms with Crippen LogP contribution in [-0.2, 0) is 6.54 Å². The fourth-order valence-electron chi connectivity index (χ4n) is 2.30. The average Bonchev–Trinajstić information content (AvgIpc) is 2.46. The Morgan fingerprint density at radius 3 is 2.52 bits per heavy atom. The van der Waals surface area contributed by atoms with E-state index in [4.69, 9.17) is 17.3 Å². The quantitative estimate of drug-likeness (QED) is 0.845. The molecular weight excluding hydrogens is 355 g/mol. The molecule has 0 saturated carbocycles. The van der Waals surface area contributed by atoms with Crippen molar-refractivity contribution in [3.8, 4) is 0 Å². The summed E-state index contributed by atoms with van der Waals surface area (Å²) in [6.45, 7) is 1.15. The van der Waals surface area contributed by atoms with Crippen molar-refractivity contribution in [1.29, 1.82) is 0 Å². The lowest BCUT2D eigenvalue weighted by atomic mass is 10.0. The molecule has 112 valence electrons. The zero-order chi connectivity index (χ0) is 15.4. The Hall–Kier alpha value is -0.940. The lowest BCUT2D eigenvalue weighted by Gasteiger charge is -2.28. The van der Waals surface area contributed by atoms with Crippen LogP contribution in [0.3, 0.4) is 0 Å². The summed E-state index contributed by atoms with van der Waals surface area (Å²) in [5, 5.41) is 0.682. The number of benzene rings is 2. The molecule has 0 aromatic heterocycles. The van der Waals surface area contributed by atoms with Gasteiger partial charge in [0, 0.05) is 28.6 Å². The Bertz CT molecular complexity index is 604. The predicted octanol–water partition coefficient (Wildman–Crippen LogP) is 4.37. The summed E-state index contributed by atoms with van der Waals surface area (Å²) in [6, 6.07) is 12.2. The molecule has 2 aromatic carbocycles. The van der Waals surface area contributed by atoms with E-state index in [0.717, 1.165) is 15.6 Å². The van der Waals surface area contributed by atoms with Gasteiger partial charge in [-0.2, -0.15) is 0 Å². The lowest BCUT2D eigenvalue weighted by Crippen LogP contribution is -2.30. The van der Waals surface area contributed by atoms with Crippen LogP contribution in [0.4, 0.5) is 4.39 Å². The number of hydrogen-bond donors (Lipinski definition) is 1. The minimum Gasteiger partial charge on any atom is -0.329 e. The van der Waals surface area contributed by atoms with E-state index in [2.05, 4.69) is 20.8 Å². The van der Waals surface area contributed by atoms with Crippen LogP contribution in [0.25, 0.3) is 0 Å². The first-order valence-corrected chi connectivity index (χ1v) is 7.78. The highest BCUT2D eigenvalue weighted by atomic mass is 79.9. The number of halogens is 3. The SMILES string of the molecule is CN(Cc1ccc(F)cc1)C(CN)c1cc(Cl)ccc1Br. The fraction of sp³-hybridized carbons (Fsp3) is 0.250. The molecule has 0 bridgehead atoms. The van der Waals surface area contributed by atoms with Gasteiger partial charge in [0.2, 0.25) is 0 Å². The molecule has 0 amide bonds. The van der Waals surface area contributed by atoms with Gasteiger partial charge in [0.05, 0.1) is 0 Å². The fourth-order valence-corrected chi connectivity index (χ4v) is 2.99. The highest BCUT2D eigenvalue weighted by Crippen LogP contribution is 2.30. The largest absolute Gasteiger partial charge is 0.329 e. The highest BCUT2D eigenvalue weighted by Gasteiger charge is 2.18. The molecule has 0 spiro atoms. The van der Waals surface area contributed by atoms with Crippen molar-refractivity contribution in [3.05, 3.63) is 68.9 Å². The average molecular weight is 372 g/mol. The molecule has 2 nitrogen and oxygen atoms in total. The summed E-state index contributed by atoms with van der Waals surface area (Å²) in [7, 11) is 1.99. The Morgan fingerprint density at radius 1 is 1.24 bits per heavy atom. The maximum atomic E-state index is 13.0. The summed E-state index contributed by atoms with van der Waals surface area (Å²) in [5.74, 6) is -0.227. The minimum atomic E-state index is -0.227. The van der Waals surface area contributed by atoms with Gasteiger partial charge in [-0.05, 0) is 48.5 Å². The topological polar surface area (TPSA) is 29.3 Å². The Morgan fingerprint density at radius 2 is 1.90 bits per heavy atom. The second-order valence-electron chi connectivity index (χ2n) is 4.96. The Kier molecular flexibility index (Phi) is 5.76. The lowest BCUT2D eigenvalue weighted by molar-refractivity contribution is 0.241. The van der Waals surface area contributed by atoms with E-state index in [-0.39, 0.29) is 11.9 Å². The maximum absolute atomic E-state index is 13.0. The minimum absolute atomic E-state index is 0.0307. The van der Waals surface area contributed by atoms with Gasteiger partial charge in [0.1, 0.15) is 5.82 Å². The van der Waals surface area contributed by atoms with E-state index in [9.17, 15) is 4.39 Å². The van der Waals surface area contributed by atoms with E-state index >= 15 is 0 Å². The van der Waals surface area contributed by atoms with Gasteiger partial charge in [-0.25, -0.2) is 4.39 Å². The van der Waals surface area contributed by atoms with Crippen molar-refractivity contribution in [3.63, 3.8) is 0 Å². The van der Waals surface area contributed by atoms with Crippen LogP contribution in [0.5, 0.6) is 0 Å². The second kappa shape index (κ2) is 7.36. The first-order chi connectivity index (χ1) is 10.0. The molecule has 0 aliphatic heterocycles. The monoisotopic (exact) mass is 370 g/mol. The van der Waals surface area contributed by atoms with Crippen molar-refractivity contribution in [2.45, 2.75) is 12.6 Å². The summed E-state index contributed by atoms with van der Waals surface area (Å²) < 4.78 is 13.9.